The lowest BCUT2D eigenvalue weighted by atomic mass is 9.83. The molecule has 1 aromatic carbocycles. The van der Waals surface area contributed by atoms with Gasteiger partial charge in [0, 0.05) is 16.5 Å². The van der Waals surface area contributed by atoms with Crippen LogP contribution in [0.3, 0.4) is 0 Å². The summed E-state index contributed by atoms with van der Waals surface area (Å²) in [7, 11) is 0. The first-order chi connectivity index (χ1) is 11.3. The van der Waals surface area contributed by atoms with Gasteiger partial charge in [-0.25, -0.2) is 4.68 Å². The number of nitro groups is 1. The maximum absolute atomic E-state index is 12.3. The molecule has 0 bridgehead atoms. The number of nitrogens with zero attached hydrogens (tertiary/aromatic N) is 3. The first-order valence-electron chi connectivity index (χ1n) is 7.35. The van der Waals surface area contributed by atoms with E-state index in [1.54, 1.807) is 4.68 Å². The van der Waals surface area contributed by atoms with Gasteiger partial charge >= 0.3 is 11.9 Å². The van der Waals surface area contributed by atoms with Crippen molar-refractivity contribution in [3.63, 3.8) is 0 Å². The number of carbonyl (C=O) groups is 1. The van der Waals surface area contributed by atoms with Gasteiger partial charge in [-0.05, 0) is 31.5 Å². The number of aromatic nitrogens is 2. The van der Waals surface area contributed by atoms with Gasteiger partial charge in [-0.2, -0.15) is 5.10 Å². The van der Waals surface area contributed by atoms with E-state index in [-0.39, 0.29) is 11.8 Å². The maximum atomic E-state index is 12.3. The number of hydrogen-bond acceptors (Lipinski definition) is 6. The van der Waals surface area contributed by atoms with Crippen LogP contribution in [0.25, 0.3) is 0 Å². The molecular weight excluding hydrogens is 316 g/mol. The zero-order chi connectivity index (χ0) is 17.6. The number of carbonyl (C=O) groups excluding carboxylic acids is 1. The average Bonchev–Trinajstić information content (AvgIpc) is 2.91. The standard InChI is InChI=1S/C15H16N4O5/c1-7(2)18-14-9(6-16-18)12(13(19(23)24)15(22)17-14)8-3-4-10(20)11(21)5-8/h3-7,12-13,20-21H,1-2H3,(H,17,22)/t12-,13-/m1/s1. The third-order valence-electron chi connectivity index (χ3n) is 4.06. The van der Waals surface area contributed by atoms with Crippen LogP contribution in [-0.2, 0) is 4.79 Å². The lowest BCUT2D eigenvalue weighted by Gasteiger charge is -2.27. The van der Waals surface area contributed by atoms with Crippen LogP contribution in [0, 0.1) is 10.1 Å². The Morgan fingerprint density at radius 1 is 1.33 bits per heavy atom. The minimum absolute atomic E-state index is 0.0462. The van der Waals surface area contributed by atoms with E-state index >= 15 is 0 Å². The molecule has 1 amide bonds. The van der Waals surface area contributed by atoms with Gasteiger partial charge in [-0.1, -0.05) is 6.07 Å². The minimum atomic E-state index is -1.55. The molecule has 1 aliphatic rings. The van der Waals surface area contributed by atoms with E-state index in [1.807, 2.05) is 13.8 Å². The number of phenols is 2. The van der Waals surface area contributed by atoms with Crippen LogP contribution in [0.15, 0.2) is 24.4 Å². The van der Waals surface area contributed by atoms with Crippen LogP contribution in [0.5, 0.6) is 11.5 Å². The van der Waals surface area contributed by atoms with Crippen LogP contribution in [0.2, 0.25) is 0 Å². The molecule has 0 fully saturated rings. The molecule has 0 aliphatic carbocycles. The fraction of sp³-hybridized carbons (Fsp3) is 0.333. The van der Waals surface area contributed by atoms with Crippen molar-refractivity contribution in [3.05, 3.63) is 45.6 Å². The predicted molar refractivity (Wildman–Crippen MR) is 83.6 cm³/mol. The lowest BCUT2D eigenvalue weighted by Crippen LogP contribution is -2.44. The highest BCUT2D eigenvalue weighted by Crippen LogP contribution is 2.41. The molecule has 2 aromatic rings. The Balaban J connectivity index is 2.21. The maximum Gasteiger partial charge on any atom is 0.301 e. The summed E-state index contributed by atoms with van der Waals surface area (Å²) in [4.78, 5) is 23.1. The molecule has 9 nitrogen and oxygen atoms in total. The Labute approximate surface area is 136 Å². The van der Waals surface area contributed by atoms with E-state index in [9.17, 15) is 25.1 Å². The molecule has 24 heavy (non-hydrogen) atoms. The second-order valence-electron chi connectivity index (χ2n) is 5.93. The van der Waals surface area contributed by atoms with Gasteiger partial charge in [0.25, 0.3) is 0 Å². The van der Waals surface area contributed by atoms with Crippen LogP contribution in [0.1, 0.15) is 36.9 Å². The Morgan fingerprint density at radius 2 is 2.04 bits per heavy atom. The van der Waals surface area contributed by atoms with E-state index in [1.165, 1.54) is 24.4 Å². The highest BCUT2D eigenvalue weighted by atomic mass is 16.6. The Kier molecular flexibility index (Phi) is 3.63. The largest absolute Gasteiger partial charge is 0.504 e. The van der Waals surface area contributed by atoms with Gasteiger partial charge in [0.2, 0.25) is 0 Å². The van der Waals surface area contributed by atoms with E-state index in [0.717, 1.165) is 0 Å². The molecule has 3 rings (SSSR count). The number of hydrogen-bond donors (Lipinski definition) is 3. The molecule has 0 radical (unpaired) electrons. The lowest BCUT2D eigenvalue weighted by molar-refractivity contribution is -0.509. The van der Waals surface area contributed by atoms with Crippen LogP contribution in [0.4, 0.5) is 5.82 Å². The second kappa shape index (κ2) is 5.52. The van der Waals surface area contributed by atoms with Crippen molar-refractivity contribution in [2.24, 2.45) is 0 Å². The van der Waals surface area contributed by atoms with E-state index in [2.05, 4.69) is 10.4 Å². The zero-order valence-corrected chi connectivity index (χ0v) is 13.0. The number of phenolic OH excluding ortho intramolecular Hbond substituents is 2. The smallest absolute Gasteiger partial charge is 0.301 e. The summed E-state index contributed by atoms with van der Waals surface area (Å²) >= 11 is 0. The first-order valence-corrected chi connectivity index (χ1v) is 7.35. The summed E-state index contributed by atoms with van der Waals surface area (Å²) in [6, 6.07) is 2.32. The quantitative estimate of drug-likeness (QED) is 0.444. The topological polar surface area (TPSA) is 131 Å². The van der Waals surface area contributed by atoms with Gasteiger partial charge in [0.1, 0.15) is 5.82 Å². The van der Waals surface area contributed by atoms with Crippen molar-refractivity contribution in [3.8, 4) is 11.5 Å². The molecule has 0 unspecified atom stereocenters. The SMILES string of the molecule is CC(C)n1ncc2c1NC(=O)[C@H]([N+](=O)[O-])[C@@H]2c1ccc(O)c(O)c1. The molecule has 2 atom stereocenters. The predicted octanol–water partition coefficient (Wildman–Crippen LogP) is 1.60. The Morgan fingerprint density at radius 3 is 2.62 bits per heavy atom. The zero-order valence-electron chi connectivity index (χ0n) is 13.0. The summed E-state index contributed by atoms with van der Waals surface area (Å²) in [5, 5.41) is 37.4. The fourth-order valence-corrected chi connectivity index (χ4v) is 2.95. The van der Waals surface area contributed by atoms with Crippen LogP contribution in [-0.4, -0.2) is 36.9 Å². The number of anilines is 1. The van der Waals surface area contributed by atoms with Crippen molar-refractivity contribution in [1.29, 1.82) is 0 Å². The minimum Gasteiger partial charge on any atom is -0.504 e. The van der Waals surface area contributed by atoms with Gasteiger partial charge in [-0.15, -0.1) is 0 Å². The van der Waals surface area contributed by atoms with Crippen molar-refractivity contribution >= 4 is 11.7 Å². The summed E-state index contributed by atoms with van der Waals surface area (Å²) in [6.45, 7) is 3.75. The summed E-state index contributed by atoms with van der Waals surface area (Å²) < 4.78 is 1.58. The van der Waals surface area contributed by atoms with Crippen molar-refractivity contribution < 1.29 is 19.9 Å². The van der Waals surface area contributed by atoms with E-state index in [4.69, 9.17) is 0 Å². The van der Waals surface area contributed by atoms with Crippen molar-refractivity contribution in [2.75, 3.05) is 5.32 Å². The van der Waals surface area contributed by atoms with Gasteiger partial charge in [0.05, 0.1) is 12.1 Å². The highest BCUT2D eigenvalue weighted by Gasteiger charge is 2.47. The number of aromatic hydroxyl groups is 2. The van der Waals surface area contributed by atoms with Crippen molar-refractivity contribution in [1.82, 2.24) is 9.78 Å². The molecule has 0 saturated carbocycles. The molecule has 0 saturated heterocycles. The molecule has 1 aromatic heterocycles. The molecule has 2 heterocycles. The molecule has 1 aliphatic heterocycles. The van der Waals surface area contributed by atoms with E-state index in [0.29, 0.717) is 16.9 Å². The highest BCUT2D eigenvalue weighted by molar-refractivity contribution is 5.98. The number of rotatable bonds is 3. The number of amides is 1. The number of nitrogens with one attached hydrogen (secondary N) is 1. The summed E-state index contributed by atoms with van der Waals surface area (Å²) in [5.41, 5.74) is 0.849. The van der Waals surface area contributed by atoms with Gasteiger partial charge in [0.15, 0.2) is 11.5 Å². The molecule has 9 heteroatoms. The first kappa shape index (κ1) is 15.8. The number of fused-ring (bicyclic) bond motifs is 1. The third kappa shape index (κ3) is 2.34. The molecule has 3 N–H and O–H groups in total. The normalized spacial score (nSPS) is 19.9. The van der Waals surface area contributed by atoms with Crippen molar-refractivity contribution in [2.45, 2.75) is 31.8 Å². The molecule has 0 spiro atoms. The van der Waals surface area contributed by atoms with Crippen LogP contribution < -0.4 is 5.32 Å². The Hall–Kier alpha value is -3.10. The third-order valence-corrected chi connectivity index (χ3v) is 4.06. The fourth-order valence-electron chi connectivity index (χ4n) is 2.95. The van der Waals surface area contributed by atoms with Gasteiger partial charge in [-0.3, -0.25) is 14.9 Å². The molecule has 126 valence electrons. The molecular formula is C15H16N4O5. The average molecular weight is 332 g/mol. The Bertz CT molecular complexity index is 829. The van der Waals surface area contributed by atoms with E-state index < -0.39 is 28.5 Å². The van der Waals surface area contributed by atoms with Crippen LogP contribution >= 0.6 is 0 Å². The van der Waals surface area contributed by atoms with Gasteiger partial charge < -0.3 is 15.5 Å². The summed E-state index contributed by atoms with van der Waals surface area (Å²) in [6.07, 6.45) is 1.49. The monoisotopic (exact) mass is 332 g/mol. The second-order valence-corrected chi connectivity index (χ2v) is 5.93. The number of benzene rings is 1. The summed E-state index contributed by atoms with van der Waals surface area (Å²) in [5.74, 6) is -1.99.